The number of nitrogens with two attached hydrogens (primary N) is 1. The smallest absolute Gasteiger partial charge is 0.284 e. The van der Waals surface area contributed by atoms with Crippen LogP contribution in [0.25, 0.3) is 0 Å². The van der Waals surface area contributed by atoms with E-state index in [0.29, 0.717) is 12.6 Å². The van der Waals surface area contributed by atoms with Crippen molar-refractivity contribution >= 4 is 5.91 Å². The Morgan fingerprint density at radius 2 is 2.12 bits per heavy atom. The molecule has 1 saturated carbocycles. The number of furan rings is 1. The highest BCUT2D eigenvalue weighted by Crippen LogP contribution is 2.18. The predicted molar refractivity (Wildman–Crippen MR) is 60.9 cm³/mol. The maximum Gasteiger partial charge on any atom is 0.284 e. The molecule has 1 aliphatic rings. The van der Waals surface area contributed by atoms with Gasteiger partial charge >= 0.3 is 0 Å². The zero-order valence-corrected chi connectivity index (χ0v) is 9.37. The van der Waals surface area contributed by atoms with E-state index in [4.69, 9.17) is 10.2 Å². The molecule has 3 N–H and O–H groups in total. The minimum atomic E-state index is -0.510. The Balaban J connectivity index is 1.81. The van der Waals surface area contributed by atoms with Crippen molar-refractivity contribution in [2.45, 2.75) is 44.7 Å². The Hall–Kier alpha value is -1.29. The fourth-order valence-electron chi connectivity index (χ4n) is 2.16. The first-order valence-corrected chi connectivity index (χ1v) is 5.87. The molecule has 0 aromatic carbocycles. The first-order valence-electron chi connectivity index (χ1n) is 5.87. The Morgan fingerprint density at radius 1 is 1.38 bits per heavy atom. The summed E-state index contributed by atoms with van der Waals surface area (Å²) in [4.78, 5) is 10.8. The molecular formula is C12H18N2O2. The molecular weight excluding hydrogens is 204 g/mol. The molecule has 16 heavy (non-hydrogen) atoms. The molecule has 0 atom stereocenters. The summed E-state index contributed by atoms with van der Waals surface area (Å²) in [5, 5.41) is 3.44. The zero-order valence-electron chi connectivity index (χ0n) is 9.37. The molecule has 1 aliphatic carbocycles. The summed E-state index contributed by atoms with van der Waals surface area (Å²) in [6.45, 7) is 0.679. The first-order chi connectivity index (χ1) is 7.75. The molecule has 0 spiro atoms. The van der Waals surface area contributed by atoms with E-state index < -0.39 is 5.91 Å². The summed E-state index contributed by atoms with van der Waals surface area (Å²) in [7, 11) is 0. The van der Waals surface area contributed by atoms with E-state index in [9.17, 15) is 4.79 Å². The highest BCUT2D eigenvalue weighted by atomic mass is 16.3. The lowest BCUT2D eigenvalue weighted by Crippen LogP contribution is -2.30. The summed E-state index contributed by atoms with van der Waals surface area (Å²) in [6.07, 6.45) is 6.45. The van der Waals surface area contributed by atoms with Gasteiger partial charge in [-0.15, -0.1) is 0 Å². The molecule has 0 saturated heterocycles. The lowest BCUT2D eigenvalue weighted by Gasteiger charge is -2.22. The van der Waals surface area contributed by atoms with Crippen LogP contribution in [0.15, 0.2) is 16.5 Å². The molecule has 1 fully saturated rings. The molecule has 0 radical (unpaired) electrons. The minimum Gasteiger partial charge on any atom is -0.455 e. The third kappa shape index (κ3) is 2.85. The van der Waals surface area contributed by atoms with E-state index in [-0.39, 0.29) is 5.76 Å². The molecule has 2 rings (SSSR count). The van der Waals surface area contributed by atoms with Crippen LogP contribution in [0.3, 0.4) is 0 Å². The molecule has 4 nitrogen and oxygen atoms in total. The third-order valence-electron chi connectivity index (χ3n) is 3.07. The Morgan fingerprint density at radius 3 is 2.75 bits per heavy atom. The fourth-order valence-corrected chi connectivity index (χ4v) is 2.16. The van der Waals surface area contributed by atoms with Crippen molar-refractivity contribution in [3.8, 4) is 0 Å². The molecule has 88 valence electrons. The minimum absolute atomic E-state index is 0.237. The van der Waals surface area contributed by atoms with Crippen LogP contribution < -0.4 is 11.1 Å². The van der Waals surface area contributed by atoms with Gasteiger partial charge in [-0.1, -0.05) is 19.3 Å². The van der Waals surface area contributed by atoms with Gasteiger partial charge in [-0.05, 0) is 25.0 Å². The molecule has 4 heteroatoms. The number of rotatable bonds is 4. The van der Waals surface area contributed by atoms with Crippen LogP contribution >= 0.6 is 0 Å². The highest BCUT2D eigenvalue weighted by molar-refractivity contribution is 5.89. The Bertz CT molecular complexity index is 354. The average molecular weight is 222 g/mol. The van der Waals surface area contributed by atoms with Crippen molar-refractivity contribution < 1.29 is 9.21 Å². The van der Waals surface area contributed by atoms with Gasteiger partial charge in [-0.2, -0.15) is 0 Å². The van der Waals surface area contributed by atoms with Gasteiger partial charge in [-0.25, -0.2) is 0 Å². The normalized spacial score (nSPS) is 17.5. The van der Waals surface area contributed by atoms with E-state index in [0.717, 1.165) is 5.76 Å². The molecule has 1 aromatic rings. The van der Waals surface area contributed by atoms with Crippen LogP contribution in [0.2, 0.25) is 0 Å². The van der Waals surface area contributed by atoms with Crippen molar-refractivity contribution in [3.63, 3.8) is 0 Å². The van der Waals surface area contributed by atoms with E-state index >= 15 is 0 Å². The van der Waals surface area contributed by atoms with Gasteiger partial charge in [0.1, 0.15) is 5.76 Å². The van der Waals surface area contributed by atoms with Crippen molar-refractivity contribution in [2.24, 2.45) is 5.73 Å². The summed E-state index contributed by atoms with van der Waals surface area (Å²) < 4.78 is 5.30. The molecule has 0 aliphatic heterocycles. The number of primary amides is 1. The van der Waals surface area contributed by atoms with Gasteiger partial charge < -0.3 is 15.5 Å². The van der Waals surface area contributed by atoms with Gasteiger partial charge in [0.25, 0.3) is 5.91 Å². The molecule has 1 aromatic heterocycles. The van der Waals surface area contributed by atoms with Crippen LogP contribution in [0.1, 0.15) is 48.4 Å². The second kappa shape index (κ2) is 5.16. The third-order valence-corrected chi connectivity index (χ3v) is 3.07. The summed E-state index contributed by atoms with van der Waals surface area (Å²) in [6, 6.07) is 4.02. The molecule has 1 amide bonds. The van der Waals surface area contributed by atoms with Crippen LogP contribution in [0, 0.1) is 0 Å². The average Bonchev–Trinajstić information content (AvgIpc) is 2.76. The van der Waals surface area contributed by atoms with Crippen molar-refractivity contribution in [3.05, 3.63) is 23.7 Å². The Labute approximate surface area is 95.2 Å². The van der Waals surface area contributed by atoms with E-state index in [1.165, 1.54) is 32.1 Å². The lowest BCUT2D eigenvalue weighted by atomic mass is 9.95. The summed E-state index contributed by atoms with van der Waals surface area (Å²) in [5.74, 6) is 0.503. The highest BCUT2D eigenvalue weighted by Gasteiger charge is 2.13. The van der Waals surface area contributed by atoms with Crippen molar-refractivity contribution in [1.29, 1.82) is 0 Å². The zero-order chi connectivity index (χ0) is 11.4. The van der Waals surface area contributed by atoms with Crippen LogP contribution in [-0.4, -0.2) is 11.9 Å². The van der Waals surface area contributed by atoms with E-state index in [1.54, 1.807) is 12.1 Å². The number of amides is 1. The van der Waals surface area contributed by atoms with Gasteiger partial charge in [0.15, 0.2) is 5.76 Å². The topological polar surface area (TPSA) is 68.3 Å². The monoisotopic (exact) mass is 222 g/mol. The maximum absolute atomic E-state index is 10.8. The number of hydrogen-bond acceptors (Lipinski definition) is 3. The number of hydrogen-bond donors (Lipinski definition) is 2. The second-order valence-electron chi connectivity index (χ2n) is 4.35. The maximum atomic E-state index is 10.8. The second-order valence-corrected chi connectivity index (χ2v) is 4.35. The number of carbonyl (C=O) groups is 1. The Kier molecular flexibility index (Phi) is 3.62. The van der Waals surface area contributed by atoms with Crippen molar-refractivity contribution in [2.75, 3.05) is 0 Å². The quantitative estimate of drug-likeness (QED) is 0.816. The summed E-state index contributed by atoms with van der Waals surface area (Å²) >= 11 is 0. The largest absolute Gasteiger partial charge is 0.455 e. The van der Waals surface area contributed by atoms with Crippen LogP contribution in [-0.2, 0) is 6.54 Å². The van der Waals surface area contributed by atoms with Crippen LogP contribution in [0.4, 0.5) is 0 Å². The predicted octanol–water partition coefficient (Wildman–Crippen LogP) is 1.80. The van der Waals surface area contributed by atoms with Gasteiger partial charge in [0.2, 0.25) is 0 Å². The standard InChI is InChI=1S/C12H18N2O2/c13-12(15)11-7-6-10(16-11)8-14-9-4-2-1-3-5-9/h6-7,9,14H,1-5,8H2,(H2,13,15). The fraction of sp³-hybridized carbons (Fsp3) is 0.583. The molecule has 0 bridgehead atoms. The van der Waals surface area contributed by atoms with Gasteiger partial charge in [-0.3, -0.25) is 4.79 Å². The van der Waals surface area contributed by atoms with Crippen molar-refractivity contribution in [1.82, 2.24) is 5.32 Å². The van der Waals surface area contributed by atoms with E-state index in [2.05, 4.69) is 5.32 Å². The number of nitrogens with one attached hydrogen (secondary N) is 1. The van der Waals surface area contributed by atoms with E-state index in [1.807, 2.05) is 0 Å². The SMILES string of the molecule is NC(=O)c1ccc(CNC2CCCCC2)o1. The number of carbonyl (C=O) groups excluding carboxylic acids is 1. The first kappa shape index (κ1) is 11.2. The van der Waals surface area contributed by atoms with Gasteiger partial charge in [0, 0.05) is 6.04 Å². The molecule has 1 heterocycles. The summed E-state index contributed by atoms with van der Waals surface area (Å²) in [5.41, 5.74) is 5.11. The van der Waals surface area contributed by atoms with Crippen LogP contribution in [0.5, 0.6) is 0 Å². The lowest BCUT2D eigenvalue weighted by molar-refractivity contribution is 0.0972. The molecule has 0 unspecified atom stereocenters. The van der Waals surface area contributed by atoms with Gasteiger partial charge in [0.05, 0.1) is 6.54 Å².